The van der Waals surface area contributed by atoms with Crippen LogP contribution >= 0.6 is 11.3 Å². The van der Waals surface area contributed by atoms with Crippen molar-refractivity contribution in [2.24, 2.45) is 4.99 Å². The summed E-state index contributed by atoms with van der Waals surface area (Å²) in [5.41, 5.74) is 2.13. The Labute approximate surface area is 137 Å². The molecule has 2 heterocycles. The molecule has 2 aromatic carbocycles. The number of hydrogen-bond donors (Lipinski definition) is 0. The lowest BCUT2D eigenvalue weighted by Gasteiger charge is -2.25. The SMILES string of the molecule is O=c1/c(=C\c2ccccc2)sc2n1CN(c1ccccc1)CN=2. The van der Waals surface area contributed by atoms with Gasteiger partial charge in [-0.25, -0.2) is 4.99 Å². The summed E-state index contributed by atoms with van der Waals surface area (Å²) in [6, 6.07) is 20.0. The number of para-hydroxylation sites is 1. The molecule has 0 bridgehead atoms. The molecule has 4 rings (SSSR count). The van der Waals surface area contributed by atoms with Crippen LogP contribution in [0, 0.1) is 0 Å². The average molecular weight is 321 g/mol. The lowest BCUT2D eigenvalue weighted by molar-refractivity contribution is 0.569. The highest BCUT2D eigenvalue weighted by molar-refractivity contribution is 7.07. The standard InChI is InChI=1S/C18H15N3OS/c22-17-16(11-14-7-3-1-4-8-14)23-18-19-12-20(13-21(17)18)15-9-5-2-6-10-15/h1-11H,12-13H2/b16-11+. The van der Waals surface area contributed by atoms with Crippen LogP contribution in [0.4, 0.5) is 5.69 Å². The van der Waals surface area contributed by atoms with E-state index in [1.165, 1.54) is 11.3 Å². The fourth-order valence-corrected chi connectivity index (χ4v) is 3.58. The van der Waals surface area contributed by atoms with Crippen molar-refractivity contribution in [1.29, 1.82) is 0 Å². The first kappa shape index (κ1) is 14.0. The maximum Gasteiger partial charge on any atom is 0.271 e. The van der Waals surface area contributed by atoms with Crippen LogP contribution in [-0.2, 0) is 6.67 Å². The second kappa shape index (κ2) is 5.85. The van der Waals surface area contributed by atoms with Gasteiger partial charge in [0.1, 0.15) is 13.3 Å². The normalized spacial score (nSPS) is 14.4. The molecule has 0 atom stereocenters. The maximum absolute atomic E-state index is 12.7. The van der Waals surface area contributed by atoms with Crippen molar-refractivity contribution in [1.82, 2.24) is 4.57 Å². The smallest absolute Gasteiger partial charge is 0.271 e. The predicted molar refractivity (Wildman–Crippen MR) is 93.2 cm³/mol. The highest BCUT2D eigenvalue weighted by atomic mass is 32.1. The van der Waals surface area contributed by atoms with Gasteiger partial charge in [-0.05, 0) is 23.8 Å². The Hall–Kier alpha value is -2.66. The van der Waals surface area contributed by atoms with Crippen molar-refractivity contribution in [2.75, 3.05) is 11.6 Å². The van der Waals surface area contributed by atoms with E-state index in [0.717, 1.165) is 20.6 Å². The van der Waals surface area contributed by atoms with Crippen LogP contribution < -0.4 is 19.8 Å². The minimum Gasteiger partial charge on any atom is -0.334 e. The summed E-state index contributed by atoms with van der Waals surface area (Å²) >= 11 is 1.46. The molecule has 0 amide bonds. The molecule has 1 aromatic heterocycles. The molecule has 0 saturated carbocycles. The van der Waals surface area contributed by atoms with Gasteiger partial charge in [0, 0.05) is 5.69 Å². The number of nitrogens with zero attached hydrogens (tertiary/aromatic N) is 3. The number of aromatic nitrogens is 1. The highest BCUT2D eigenvalue weighted by Crippen LogP contribution is 2.14. The Kier molecular flexibility index (Phi) is 3.55. The van der Waals surface area contributed by atoms with Crippen LogP contribution in [-0.4, -0.2) is 11.2 Å². The first-order chi connectivity index (χ1) is 11.3. The molecule has 3 aromatic rings. The Morgan fingerprint density at radius 2 is 1.70 bits per heavy atom. The fraction of sp³-hybridized carbons (Fsp3) is 0.111. The van der Waals surface area contributed by atoms with Gasteiger partial charge < -0.3 is 4.90 Å². The summed E-state index contributed by atoms with van der Waals surface area (Å²) in [6.07, 6.45) is 1.93. The molecule has 23 heavy (non-hydrogen) atoms. The second-order valence-corrected chi connectivity index (χ2v) is 6.36. The second-order valence-electron chi connectivity index (χ2n) is 5.35. The number of anilines is 1. The van der Waals surface area contributed by atoms with E-state index < -0.39 is 0 Å². The summed E-state index contributed by atoms with van der Waals surface area (Å²) < 4.78 is 2.47. The van der Waals surface area contributed by atoms with E-state index in [1.54, 1.807) is 4.57 Å². The van der Waals surface area contributed by atoms with Gasteiger partial charge in [0.05, 0.1) is 4.53 Å². The van der Waals surface area contributed by atoms with Crippen LogP contribution in [0.2, 0.25) is 0 Å². The van der Waals surface area contributed by atoms with E-state index in [-0.39, 0.29) is 5.56 Å². The number of hydrogen-bond acceptors (Lipinski definition) is 4. The van der Waals surface area contributed by atoms with Gasteiger partial charge in [-0.3, -0.25) is 9.36 Å². The lowest BCUT2D eigenvalue weighted by Crippen LogP contribution is -2.42. The molecule has 0 radical (unpaired) electrons. The van der Waals surface area contributed by atoms with E-state index >= 15 is 0 Å². The van der Waals surface area contributed by atoms with Crippen LogP contribution in [0.15, 0.2) is 70.5 Å². The molecular weight excluding hydrogens is 306 g/mol. The van der Waals surface area contributed by atoms with Gasteiger partial charge in [-0.2, -0.15) is 0 Å². The predicted octanol–water partition coefficient (Wildman–Crippen LogP) is 1.79. The van der Waals surface area contributed by atoms with Crippen molar-refractivity contribution in [3.8, 4) is 0 Å². The van der Waals surface area contributed by atoms with Crippen molar-refractivity contribution < 1.29 is 0 Å². The van der Waals surface area contributed by atoms with Crippen molar-refractivity contribution in [3.05, 3.63) is 85.9 Å². The number of fused-ring (bicyclic) bond motifs is 1. The Bertz CT molecular complexity index is 990. The summed E-state index contributed by atoms with van der Waals surface area (Å²) in [6.45, 7) is 1.12. The first-order valence-corrected chi connectivity index (χ1v) is 8.24. The van der Waals surface area contributed by atoms with Crippen LogP contribution in [0.25, 0.3) is 6.08 Å². The largest absolute Gasteiger partial charge is 0.334 e. The number of thiazole rings is 1. The van der Waals surface area contributed by atoms with E-state index in [4.69, 9.17) is 0 Å². The minimum atomic E-state index is 0.0261. The van der Waals surface area contributed by atoms with Crippen molar-refractivity contribution in [2.45, 2.75) is 6.67 Å². The molecule has 0 fully saturated rings. The zero-order valence-corrected chi connectivity index (χ0v) is 13.2. The highest BCUT2D eigenvalue weighted by Gasteiger charge is 2.15. The number of rotatable bonds is 2. The fourth-order valence-electron chi connectivity index (χ4n) is 2.61. The maximum atomic E-state index is 12.7. The van der Waals surface area contributed by atoms with Crippen LogP contribution in [0.5, 0.6) is 0 Å². The third-order valence-corrected chi connectivity index (χ3v) is 4.84. The molecule has 0 spiro atoms. The summed E-state index contributed by atoms with van der Waals surface area (Å²) in [4.78, 5) is 20.1. The van der Waals surface area contributed by atoms with Crippen molar-refractivity contribution >= 4 is 23.1 Å². The summed E-state index contributed by atoms with van der Waals surface area (Å²) in [7, 11) is 0. The Balaban J connectivity index is 1.74. The van der Waals surface area contributed by atoms with Gasteiger partial charge in [-0.15, -0.1) is 0 Å². The van der Waals surface area contributed by atoms with Gasteiger partial charge in [0.2, 0.25) is 0 Å². The molecule has 0 aliphatic carbocycles. The molecule has 4 nitrogen and oxygen atoms in total. The third-order valence-electron chi connectivity index (χ3n) is 3.80. The molecule has 1 aliphatic heterocycles. The van der Waals surface area contributed by atoms with Gasteiger partial charge in [-0.1, -0.05) is 59.9 Å². The number of benzene rings is 2. The van der Waals surface area contributed by atoms with Gasteiger partial charge in [0.15, 0.2) is 4.80 Å². The summed E-state index contributed by atoms with van der Waals surface area (Å²) in [5, 5.41) is 0. The van der Waals surface area contributed by atoms with E-state index in [1.807, 2.05) is 66.7 Å². The zero-order chi connectivity index (χ0) is 15.6. The average Bonchev–Trinajstić information content (AvgIpc) is 2.92. The topological polar surface area (TPSA) is 37.6 Å². The summed E-state index contributed by atoms with van der Waals surface area (Å²) in [5.74, 6) is 0. The minimum absolute atomic E-state index is 0.0261. The molecule has 0 saturated heterocycles. The molecule has 1 aliphatic rings. The van der Waals surface area contributed by atoms with Gasteiger partial charge in [0.25, 0.3) is 5.56 Å². The Morgan fingerprint density at radius 1 is 1.00 bits per heavy atom. The van der Waals surface area contributed by atoms with Crippen LogP contribution in [0.1, 0.15) is 5.56 Å². The lowest BCUT2D eigenvalue weighted by atomic mass is 10.2. The van der Waals surface area contributed by atoms with Gasteiger partial charge >= 0.3 is 0 Å². The molecule has 114 valence electrons. The quantitative estimate of drug-likeness (QED) is 0.722. The molecular formula is C18H15N3OS. The van der Waals surface area contributed by atoms with Crippen molar-refractivity contribution in [3.63, 3.8) is 0 Å². The third kappa shape index (κ3) is 2.71. The van der Waals surface area contributed by atoms with E-state index in [2.05, 4.69) is 9.89 Å². The molecule has 0 N–H and O–H groups in total. The Morgan fingerprint density at radius 3 is 2.43 bits per heavy atom. The van der Waals surface area contributed by atoms with E-state index in [9.17, 15) is 4.79 Å². The first-order valence-electron chi connectivity index (χ1n) is 7.42. The zero-order valence-electron chi connectivity index (χ0n) is 12.4. The monoisotopic (exact) mass is 321 g/mol. The van der Waals surface area contributed by atoms with Crippen LogP contribution in [0.3, 0.4) is 0 Å². The molecule has 0 unspecified atom stereocenters. The van der Waals surface area contributed by atoms with E-state index in [0.29, 0.717) is 13.3 Å². The molecule has 5 heteroatoms.